The Kier molecular flexibility index (Phi) is 2.88. The molecular weight excluding hydrogens is 258 g/mol. The largest absolute Gasteiger partial charge is 0.349 e. The molecule has 0 aromatic carbocycles. The summed E-state index contributed by atoms with van der Waals surface area (Å²) in [5, 5.41) is 3.27. The molecule has 2 heteroatoms. The van der Waals surface area contributed by atoms with Gasteiger partial charge in [-0.25, -0.2) is 0 Å². The number of carbonyl (C=O) groups excluding carboxylic acids is 1. The predicted molar refractivity (Wildman–Crippen MR) is 84.6 cm³/mol. The van der Waals surface area contributed by atoms with E-state index < -0.39 is 0 Å². The van der Waals surface area contributed by atoms with Crippen molar-refractivity contribution >= 4 is 5.91 Å². The summed E-state index contributed by atoms with van der Waals surface area (Å²) in [6.07, 6.45) is 12.3. The Morgan fingerprint density at radius 2 is 2.00 bits per heavy atom. The van der Waals surface area contributed by atoms with Gasteiger partial charge in [0, 0.05) is 11.5 Å². The third kappa shape index (κ3) is 1.80. The molecule has 7 atom stereocenters. The number of rotatable bonds is 0. The first-order chi connectivity index (χ1) is 9.94. The molecule has 2 nitrogen and oxygen atoms in total. The Balaban J connectivity index is 1.73. The molecule has 3 saturated carbocycles. The average Bonchev–Trinajstić information content (AvgIpc) is 2.82. The van der Waals surface area contributed by atoms with Crippen LogP contribution in [0.25, 0.3) is 0 Å². The van der Waals surface area contributed by atoms with Crippen molar-refractivity contribution in [1.29, 1.82) is 0 Å². The molecule has 0 aromatic rings. The quantitative estimate of drug-likeness (QED) is 0.719. The van der Waals surface area contributed by atoms with Crippen LogP contribution < -0.4 is 5.32 Å². The zero-order chi connectivity index (χ0) is 14.8. The van der Waals surface area contributed by atoms with Gasteiger partial charge in [-0.2, -0.15) is 0 Å². The average molecular weight is 287 g/mol. The smallest absolute Gasteiger partial charge is 0.243 e. The van der Waals surface area contributed by atoms with Crippen molar-refractivity contribution in [3.8, 4) is 0 Å². The summed E-state index contributed by atoms with van der Waals surface area (Å²) in [6.45, 7) is 7.42. The molecule has 1 aliphatic heterocycles. The standard InChI is InChI=1S/C19H29NO/c1-12-11-15-19(3,10-7-16(21)20-15)14-6-9-18(2)8-4-5-13(18)17(12)14/h7,10,12-15,17H,4-6,8-9,11H2,1-3H3,(H,20,21)/t12?,13?,14?,15?,17?,18?,19-/m1/s1. The summed E-state index contributed by atoms with van der Waals surface area (Å²) in [4.78, 5) is 11.8. The fourth-order valence-electron chi connectivity index (χ4n) is 6.67. The van der Waals surface area contributed by atoms with Gasteiger partial charge >= 0.3 is 0 Å². The third-order valence-corrected chi connectivity index (χ3v) is 7.84. The molecule has 0 aromatic heterocycles. The molecule has 0 radical (unpaired) electrons. The maximum absolute atomic E-state index is 11.8. The van der Waals surface area contributed by atoms with Gasteiger partial charge in [-0.1, -0.05) is 33.3 Å². The van der Waals surface area contributed by atoms with Crippen LogP contribution >= 0.6 is 0 Å². The summed E-state index contributed by atoms with van der Waals surface area (Å²) in [5.74, 6) is 3.42. The molecule has 1 amide bonds. The van der Waals surface area contributed by atoms with Crippen LogP contribution in [0.15, 0.2) is 12.2 Å². The van der Waals surface area contributed by atoms with Crippen LogP contribution in [0.5, 0.6) is 0 Å². The van der Waals surface area contributed by atoms with E-state index in [9.17, 15) is 4.79 Å². The van der Waals surface area contributed by atoms with Crippen LogP contribution in [0.1, 0.15) is 59.3 Å². The molecule has 21 heavy (non-hydrogen) atoms. The fourth-order valence-corrected chi connectivity index (χ4v) is 6.67. The van der Waals surface area contributed by atoms with Gasteiger partial charge in [0.1, 0.15) is 0 Å². The lowest BCUT2D eigenvalue weighted by Gasteiger charge is -2.60. The van der Waals surface area contributed by atoms with E-state index in [2.05, 4.69) is 32.2 Å². The van der Waals surface area contributed by atoms with Crippen LogP contribution in [0.4, 0.5) is 0 Å². The van der Waals surface area contributed by atoms with Crippen molar-refractivity contribution < 1.29 is 4.79 Å². The van der Waals surface area contributed by atoms with Crippen molar-refractivity contribution in [2.24, 2.45) is 34.5 Å². The molecule has 1 N–H and O–H groups in total. The topological polar surface area (TPSA) is 29.1 Å². The van der Waals surface area contributed by atoms with E-state index in [1.165, 1.54) is 38.5 Å². The summed E-state index contributed by atoms with van der Waals surface area (Å²) in [6, 6.07) is 0.358. The van der Waals surface area contributed by atoms with E-state index in [1.807, 2.05) is 0 Å². The highest BCUT2D eigenvalue weighted by atomic mass is 16.1. The lowest BCUT2D eigenvalue weighted by Crippen LogP contribution is -2.61. The first-order valence-electron chi connectivity index (χ1n) is 8.94. The van der Waals surface area contributed by atoms with Gasteiger partial charge in [0.25, 0.3) is 0 Å². The van der Waals surface area contributed by atoms with Gasteiger partial charge < -0.3 is 5.32 Å². The predicted octanol–water partition coefficient (Wildman–Crippen LogP) is 3.92. The van der Waals surface area contributed by atoms with Crippen molar-refractivity contribution in [3.05, 3.63) is 12.2 Å². The van der Waals surface area contributed by atoms with Gasteiger partial charge in [-0.3, -0.25) is 4.79 Å². The van der Waals surface area contributed by atoms with Crippen LogP contribution in [-0.4, -0.2) is 11.9 Å². The van der Waals surface area contributed by atoms with E-state index in [4.69, 9.17) is 0 Å². The number of amides is 1. The van der Waals surface area contributed by atoms with E-state index in [0.29, 0.717) is 11.5 Å². The SMILES string of the molecule is CC1CC2NC(=O)C=C[C@]2(C)C2CCC3(C)CCCC3C12. The van der Waals surface area contributed by atoms with Gasteiger partial charge in [0.2, 0.25) is 5.91 Å². The normalized spacial score (nSPS) is 55.4. The Morgan fingerprint density at radius 1 is 1.19 bits per heavy atom. The molecule has 0 bridgehead atoms. The fraction of sp³-hybridized carbons (Fsp3) is 0.842. The molecule has 0 spiro atoms. The minimum Gasteiger partial charge on any atom is -0.349 e. The molecule has 3 fully saturated rings. The minimum absolute atomic E-state index is 0.115. The van der Waals surface area contributed by atoms with Crippen LogP contribution in [-0.2, 0) is 4.79 Å². The van der Waals surface area contributed by atoms with E-state index in [-0.39, 0.29) is 11.3 Å². The lowest BCUT2D eigenvalue weighted by atomic mass is 9.46. The lowest BCUT2D eigenvalue weighted by molar-refractivity contribution is -0.124. The second-order valence-electron chi connectivity index (χ2n) is 8.85. The monoisotopic (exact) mass is 287 g/mol. The molecule has 1 heterocycles. The maximum atomic E-state index is 11.8. The maximum Gasteiger partial charge on any atom is 0.243 e. The molecule has 3 aliphatic carbocycles. The first kappa shape index (κ1) is 13.8. The van der Waals surface area contributed by atoms with E-state index in [0.717, 1.165) is 23.7 Å². The summed E-state index contributed by atoms with van der Waals surface area (Å²) in [5.41, 5.74) is 0.801. The van der Waals surface area contributed by atoms with Crippen molar-refractivity contribution in [1.82, 2.24) is 5.32 Å². The number of nitrogens with one attached hydrogen (secondary N) is 1. The number of carbonyl (C=O) groups is 1. The molecule has 0 saturated heterocycles. The van der Waals surface area contributed by atoms with E-state index in [1.54, 1.807) is 6.08 Å². The Hall–Kier alpha value is -0.790. The molecule has 4 aliphatic rings. The van der Waals surface area contributed by atoms with Crippen molar-refractivity contribution in [2.45, 2.75) is 65.3 Å². The second-order valence-corrected chi connectivity index (χ2v) is 8.85. The molecular formula is C19H29NO. The second kappa shape index (κ2) is 4.36. The van der Waals surface area contributed by atoms with Gasteiger partial charge in [-0.15, -0.1) is 0 Å². The summed E-state index contributed by atoms with van der Waals surface area (Å²) < 4.78 is 0. The van der Waals surface area contributed by atoms with Gasteiger partial charge in [0.05, 0.1) is 0 Å². The van der Waals surface area contributed by atoms with Crippen LogP contribution in [0.2, 0.25) is 0 Å². The summed E-state index contributed by atoms with van der Waals surface area (Å²) in [7, 11) is 0. The van der Waals surface area contributed by atoms with Crippen molar-refractivity contribution in [2.75, 3.05) is 0 Å². The highest BCUT2D eigenvalue weighted by Gasteiger charge is 2.59. The highest BCUT2D eigenvalue weighted by Crippen LogP contribution is 2.64. The highest BCUT2D eigenvalue weighted by molar-refractivity contribution is 5.89. The van der Waals surface area contributed by atoms with Gasteiger partial charge in [-0.05, 0) is 67.3 Å². The number of fused-ring (bicyclic) bond motifs is 5. The zero-order valence-corrected chi connectivity index (χ0v) is 13.7. The Labute approximate surface area is 128 Å². The molecule has 4 rings (SSSR count). The molecule has 6 unspecified atom stereocenters. The van der Waals surface area contributed by atoms with Crippen LogP contribution in [0, 0.1) is 34.5 Å². The van der Waals surface area contributed by atoms with Crippen molar-refractivity contribution in [3.63, 3.8) is 0 Å². The Morgan fingerprint density at radius 3 is 2.81 bits per heavy atom. The van der Waals surface area contributed by atoms with Gasteiger partial charge in [0.15, 0.2) is 0 Å². The number of hydrogen-bond donors (Lipinski definition) is 1. The zero-order valence-electron chi connectivity index (χ0n) is 13.7. The first-order valence-corrected chi connectivity index (χ1v) is 8.94. The summed E-state index contributed by atoms with van der Waals surface area (Å²) >= 11 is 0. The Bertz CT molecular complexity index is 498. The van der Waals surface area contributed by atoms with Crippen LogP contribution in [0.3, 0.4) is 0 Å². The molecule has 116 valence electrons. The minimum atomic E-state index is 0.115. The van der Waals surface area contributed by atoms with E-state index >= 15 is 0 Å². The number of hydrogen-bond acceptors (Lipinski definition) is 1. The third-order valence-electron chi connectivity index (χ3n) is 7.84.